The maximum absolute atomic E-state index is 12.9. The van der Waals surface area contributed by atoms with Gasteiger partial charge in [0.1, 0.15) is 5.75 Å². The minimum atomic E-state index is -3.78. The summed E-state index contributed by atoms with van der Waals surface area (Å²) in [6.07, 6.45) is 1.39. The van der Waals surface area contributed by atoms with Gasteiger partial charge in [0.2, 0.25) is 0 Å². The number of aryl methyl sites for hydroxylation is 1. The van der Waals surface area contributed by atoms with Crippen LogP contribution >= 0.6 is 23.2 Å². The van der Waals surface area contributed by atoms with E-state index in [-0.39, 0.29) is 26.8 Å². The Balaban J connectivity index is 1.32. The topological polar surface area (TPSA) is 114 Å². The molecule has 8 nitrogen and oxygen atoms in total. The number of carbonyl (C=O) groups is 2. The van der Waals surface area contributed by atoms with E-state index in [1.54, 1.807) is 24.3 Å². The molecule has 0 aromatic heterocycles. The molecule has 0 radical (unpaired) electrons. The number of hydrogen-bond donors (Lipinski definition) is 2. The Morgan fingerprint density at radius 1 is 0.860 bits per heavy atom. The fourth-order valence-corrected chi connectivity index (χ4v) is 5.69. The maximum Gasteiger partial charge on any atom is 0.345 e. The lowest BCUT2D eigenvalue weighted by atomic mass is 10.0. The molecule has 1 amide bonds. The van der Waals surface area contributed by atoms with Crippen molar-refractivity contribution in [3.8, 4) is 5.75 Å². The van der Waals surface area contributed by atoms with Crippen LogP contribution in [0.15, 0.2) is 113 Å². The molecule has 2 N–H and O–H groups in total. The Hall–Kier alpha value is -4.70. The van der Waals surface area contributed by atoms with Crippen LogP contribution in [0.1, 0.15) is 31.8 Å². The zero-order valence-electron chi connectivity index (χ0n) is 22.5. The van der Waals surface area contributed by atoms with Crippen LogP contribution in [-0.2, 0) is 10.0 Å². The number of rotatable bonds is 8. The normalized spacial score (nSPS) is 11.4. The van der Waals surface area contributed by atoms with E-state index in [9.17, 15) is 18.0 Å². The Labute approximate surface area is 258 Å². The predicted octanol–water partition coefficient (Wildman–Crippen LogP) is 7.24. The average Bonchev–Trinajstić information content (AvgIpc) is 2.98. The molecule has 11 heteroatoms. The monoisotopic (exact) mass is 631 g/mol. The number of anilines is 1. The Morgan fingerprint density at radius 3 is 2.30 bits per heavy atom. The van der Waals surface area contributed by atoms with Gasteiger partial charge in [-0.1, -0.05) is 71.2 Å². The number of hydrazone groups is 1. The van der Waals surface area contributed by atoms with Crippen LogP contribution in [0.5, 0.6) is 5.75 Å². The number of sulfonamides is 1. The molecule has 0 bridgehead atoms. The average molecular weight is 633 g/mol. The standard InChI is InChI=1S/C32H23Cl2N3O5S/c1-20-6-14-25(15-7-20)43(40,41)37-24-12-8-22(9-13-24)31(38)36-35-19-28-26-5-3-2-4-21(26)10-17-30(28)42-32(39)27-16-11-23(33)18-29(27)34/h2-19,37H,1H3,(H,36,38)/b35-19-. The van der Waals surface area contributed by atoms with Gasteiger partial charge in [0.25, 0.3) is 15.9 Å². The van der Waals surface area contributed by atoms with Crippen molar-refractivity contribution in [1.29, 1.82) is 0 Å². The molecule has 0 aliphatic heterocycles. The molecule has 43 heavy (non-hydrogen) atoms. The number of nitrogens with zero attached hydrogens (tertiary/aromatic N) is 1. The molecule has 0 aliphatic carbocycles. The summed E-state index contributed by atoms with van der Waals surface area (Å²) in [6, 6.07) is 27.7. The van der Waals surface area contributed by atoms with Crippen LogP contribution in [0.4, 0.5) is 5.69 Å². The summed E-state index contributed by atoms with van der Waals surface area (Å²) in [5.74, 6) is -1.01. The van der Waals surface area contributed by atoms with Crippen LogP contribution in [0.2, 0.25) is 10.0 Å². The zero-order valence-corrected chi connectivity index (χ0v) is 24.9. The van der Waals surface area contributed by atoms with Gasteiger partial charge in [-0.3, -0.25) is 9.52 Å². The van der Waals surface area contributed by atoms with E-state index >= 15 is 0 Å². The molecule has 5 aromatic carbocycles. The van der Waals surface area contributed by atoms with E-state index in [1.807, 2.05) is 31.2 Å². The molecule has 0 spiro atoms. The van der Waals surface area contributed by atoms with E-state index in [1.165, 1.54) is 60.8 Å². The number of carbonyl (C=O) groups excluding carboxylic acids is 2. The lowest BCUT2D eigenvalue weighted by molar-refractivity contribution is 0.0734. The van der Waals surface area contributed by atoms with Crippen LogP contribution < -0.4 is 14.9 Å². The highest BCUT2D eigenvalue weighted by Gasteiger charge is 2.17. The molecule has 0 saturated carbocycles. The highest BCUT2D eigenvalue weighted by Crippen LogP contribution is 2.29. The smallest absolute Gasteiger partial charge is 0.345 e. The second-order valence-electron chi connectivity index (χ2n) is 9.41. The first-order valence-corrected chi connectivity index (χ1v) is 15.1. The second kappa shape index (κ2) is 12.7. The minimum absolute atomic E-state index is 0.129. The summed E-state index contributed by atoms with van der Waals surface area (Å²) >= 11 is 12.1. The molecular formula is C32H23Cl2N3O5S. The molecule has 0 heterocycles. The largest absolute Gasteiger partial charge is 0.422 e. The molecule has 0 fully saturated rings. The van der Waals surface area contributed by atoms with Gasteiger partial charge in [-0.25, -0.2) is 18.6 Å². The van der Waals surface area contributed by atoms with Gasteiger partial charge in [-0.05, 0) is 78.4 Å². The minimum Gasteiger partial charge on any atom is -0.422 e. The molecule has 216 valence electrons. The van der Waals surface area contributed by atoms with Crippen molar-refractivity contribution in [2.45, 2.75) is 11.8 Å². The van der Waals surface area contributed by atoms with Crippen molar-refractivity contribution in [1.82, 2.24) is 5.43 Å². The number of hydrogen-bond acceptors (Lipinski definition) is 6. The van der Waals surface area contributed by atoms with E-state index in [0.29, 0.717) is 16.3 Å². The van der Waals surface area contributed by atoms with Gasteiger partial charge in [-0.15, -0.1) is 0 Å². The number of halogens is 2. The number of amides is 1. The van der Waals surface area contributed by atoms with Gasteiger partial charge in [0, 0.05) is 21.8 Å². The number of esters is 1. The fraction of sp³-hybridized carbons (Fsp3) is 0.0312. The van der Waals surface area contributed by atoms with Crippen molar-refractivity contribution in [2.75, 3.05) is 4.72 Å². The van der Waals surface area contributed by atoms with Crippen molar-refractivity contribution < 1.29 is 22.7 Å². The SMILES string of the molecule is Cc1ccc(S(=O)(=O)Nc2ccc(C(=O)N/N=C\c3c(OC(=O)c4ccc(Cl)cc4Cl)ccc4ccccc34)cc2)cc1. The molecule has 5 rings (SSSR count). The van der Waals surface area contributed by atoms with Crippen LogP contribution in [0, 0.1) is 6.92 Å². The first-order chi connectivity index (χ1) is 20.6. The zero-order chi connectivity index (χ0) is 30.6. The summed E-state index contributed by atoms with van der Waals surface area (Å²) in [4.78, 5) is 25.8. The lowest BCUT2D eigenvalue weighted by Gasteiger charge is -2.11. The quantitative estimate of drug-likeness (QED) is 0.0811. The second-order valence-corrected chi connectivity index (χ2v) is 11.9. The van der Waals surface area contributed by atoms with Crippen molar-refractivity contribution in [3.05, 3.63) is 135 Å². The summed E-state index contributed by atoms with van der Waals surface area (Å²) in [6.45, 7) is 1.87. The van der Waals surface area contributed by atoms with Crippen molar-refractivity contribution >= 4 is 67.8 Å². The summed E-state index contributed by atoms with van der Waals surface area (Å²) in [7, 11) is -3.78. The van der Waals surface area contributed by atoms with Gasteiger partial charge in [0.15, 0.2) is 0 Å². The van der Waals surface area contributed by atoms with E-state index < -0.39 is 21.9 Å². The van der Waals surface area contributed by atoms with E-state index in [0.717, 1.165) is 16.3 Å². The number of benzene rings is 5. The fourth-order valence-electron chi connectivity index (χ4n) is 4.15. The Bertz CT molecular complexity index is 1980. The van der Waals surface area contributed by atoms with Gasteiger partial charge >= 0.3 is 5.97 Å². The number of nitrogens with one attached hydrogen (secondary N) is 2. The first kappa shape index (κ1) is 29.8. The van der Waals surface area contributed by atoms with Gasteiger partial charge < -0.3 is 4.74 Å². The van der Waals surface area contributed by atoms with Gasteiger partial charge in [0.05, 0.1) is 21.7 Å². The maximum atomic E-state index is 12.9. The van der Waals surface area contributed by atoms with Crippen molar-refractivity contribution in [2.24, 2.45) is 5.10 Å². The predicted molar refractivity (Wildman–Crippen MR) is 169 cm³/mol. The molecular weight excluding hydrogens is 609 g/mol. The first-order valence-electron chi connectivity index (χ1n) is 12.8. The molecule has 0 saturated heterocycles. The number of ether oxygens (including phenoxy) is 1. The third-order valence-electron chi connectivity index (χ3n) is 6.37. The van der Waals surface area contributed by atoms with Crippen molar-refractivity contribution in [3.63, 3.8) is 0 Å². The van der Waals surface area contributed by atoms with E-state index in [4.69, 9.17) is 27.9 Å². The lowest BCUT2D eigenvalue weighted by Crippen LogP contribution is -2.18. The van der Waals surface area contributed by atoms with Crippen LogP contribution in [0.25, 0.3) is 10.8 Å². The summed E-state index contributed by atoms with van der Waals surface area (Å²) in [5, 5.41) is 6.23. The number of fused-ring (bicyclic) bond motifs is 1. The summed E-state index contributed by atoms with van der Waals surface area (Å²) in [5.41, 5.74) is 4.53. The van der Waals surface area contributed by atoms with E-state index in [2.05, 4.69) is 15.2 Å². The Morgan fingerprint density at radius 2 is 1.58 bits per heavy atom. The van der Waals surface area contributed by atoms with Crippen LogP contribution in [0.3, 0.4) is 0 Å². The third kappa shape index (κ3) is 7.03. The molecule has 0 unspecified atom stereocenters. The molecule has 0 aliphatic rings. The molecule has 5 aromatic rings. The highest BCUT2D eigenvalue weighted by molar-refractivity contribution is 7.92. The van der Waals surface area contributed by atoms with Gasteiger partial charge in [-0.2, -0.15) is 5.10 Å². The Kier molecular flexibility index (Phi) is 8.77. The summed E-state index contributed by atoms with van der Waals surface area (Å²) < 4.78 is 33.5. The molecule has 0 atom stereocenters. The highest BCUT2D eigenvalue weighted by atomic mass is 35.5. The third-order valence-corrected chi connectivity index (χ3v) is 8.32. The van der Waals surface area contributed by atoms with Crippen LogP contribution in [-0.4, -0.2) is 26.5 Å².